The van der Waals surface area contributed by atoms with E-state index in [1.54, 1.807) is 23.2 Å². The second-order valence-corrected chi connectivity index (χ2v) is 9.23. The Kier molecular flexibility index (Phi) is 10.4. The molecule has 0 fully saturated rings. The molecule has 2 aromatic rings. The maximum absolute atomic E-state index is 12.5. The van der Waals surface area contributed by atoms with Gasteiger partial charge in [0.15, 0.2) is 0 Å². The Morgan fingerprint density at radius 2 is 1.81 bits per heavy atom. The quantitative estimate of drug-likeness (QED) is 0.467. The zero-order chi connectivity index (χ0) is 18.1. The van der Waals surface area contributed by atoms with E-state index in [1.807, 2.05) is 48.5 Å². The van der Waals surface area contributed by atoms with Gasteiger partial charge in [-0.25, -0.2) is 0 Å². The molecular formula is C18H21ClN2O3SSe. The number of carbonyl (C=O) groups excluding carboxylic acids is 2. The van der Waals surface area contributed by atoms with Crippen molar-refractivity contribution in [2.75, 3.05) is 17.7 Å². The molecule has 2 aromatic carbocycles. The van der Waals surface area contributed by atoms with E-state index in [9.17, 15) is 9.59 Å². The van der Waals surface area contributed by atoms with Crippen LogP contribution in [0.5, 0.6) is 0 Å². The fraction of sp³-hybridized carbons (Fsp3) is 0.222. The van der Waals surface area contributed by atoms with Gasteiger partial charge in [0, 0.05) is 0 Å². The van der Waals surface area contributed by atoms with Crippen molar-refractivity contribution >= 4 is 58.4 Å². The third kappa shape index (κ3) is 7.02. The molecule has 5 nitrogen and oxygen atoms in total. The van der Waals surface area contributed by atoms with Crippen LogP contribution in [0.15, 0.2) is 54.6 Å². The normalized spacial score (nSPS) is 11.2. The summed E-state index contributed by atoms with van der Waals surface area (Å²) in [6.07, 6.45) is 0. The molecule has 0 saturated carbocycles. The Balaban J connectivity index is 0.00000338. The van der Waals surface area contributed by atoms with E-state index in [4.69, 9.17) is 10.5 Å². The van der Waals surface area contributed by atoms with Crippen LogP contribution < -0.4 is 15.5 Å². The molecule has 0 radical (unpaired) electrons. The zero-order valence-electron chi connectivity index (χ0n) is 14.2. The molecule has 1 atom stereocenters. The number of benzene rings is 2. The number of rotatable bonds is 8. The molecule has 0 unspecified atom stereocenters. The van der Waals surface area contributed by atoms with Gasteiger partial charge in [-0.15, -0.1) is 12.4 Å². The molecule has 0 spiro atoms. The summed E-state index contributed by atoms with van der Waals surface area (Å²) >= 11 is -0.0330. The van der Waals surface area contributed by atoms with E-state index in [1.165, 1.54) is 0 Å². The Labute approximate surface area is 169 Å². The van der Waals surface area contributed by atoms with E-state index >= 15 is 0 Å². The molecule has 1 amide bonds. The minimum atomic E-state index is -0.642. The minimum Gasteiger partial charge on any atom is -0.147 e. The molecule has 0 heterocycles. The molecule has 8 heteroatoms. The topological polar surface area (TPSA) is 81.4 Å². The number of nitrogens with two attached hydrogens (primary N) is 1. The van der Waals surface area contributed by atoms with Crippen LogP contribution in [-0.2, 0) is 9.53 Å². The molecule has 26 heavy (non-hydrogen) atoms. The van der Waals surface area contributed by atoms with Gasteiger partial charge in [-0.2, -0.15) is 0 Å². The zero-order valence-corrected chi connectivity index (χ0v) is 17.6. The smallest absolute Gasteiger partial charge is 0.147 e. The molecule has 3 N–H and O–H groups in total. The Hall–Kier alpha value is -1.50. The van der Waals surface area contributed by atoms with Crippen LogP contribution in [0.25, 0.3) is 0 Å². The first-order chi connectivity index (χ1) is 12.1. The fourth-order valence-electron chi connectivity index (χ4n) is 1.93. The van der Waals surface area contributed by atoms with Gasteiger partial charge in [0.1, 0.15) is 0 Å². The summed E-state index contributed by atoms with van der Waals surface area (Å²) in [5.41, 5.74) is 7.20. The van der Waals surface area contributed by atoms with Crippen LogP contribution in [0.2, 0.25) is 0 Å². The first-order valence-electron chi connectivity index (χ1n) is 7.79. The minimum absolute atomic E-state index is 0. The van der Waals surface area contributed by atoms with Crippen molar-refractivity contribution in [3.05, 3.63) is 60.2 Å². The van der Waals surface area contributed by atoms with Gasteiger partial charge < -0.3 is 0 Å². The first-order valence-corrected chi connectivity index (χ1v) is 11.7. The summed E-state index contributed by atoms with van der Waals surface area (Å²) in [5, 5.41) is 2.90. The molecule has 0 bridgehead atoms. The van der Waals surface area contributed by atoms with Gasteiger partial charge in [0.05, 0.1) is 0 Å². The van der Waals surface area contributed by atoms with Crippen molar-refractivity contribution in [1.82, 2.24) is 0 Å². The Morgan fingerprint density at radius 1 is 1.15 bits per heavy atom. The number of hydrogen-bond donors (Lipinski definition) is 2. The number of ether oxygens (including phenoxy) is 1. The fourth-order valence-corrected chi connectivity index (χ4v) is 6.13. The Morgan fingerprint density at radius 3 is 2.50 bits per heavy atom. The number of anilines is 1. The van der Waals surface area contributed by atoms with Gasteiger partial charge in [-0.05, 0) is 0 Å². The van der Waals surface area contributed by atoms with E-state index in [0.29, 0.717) is 17.9 Å². The van der Waals surface area contributed by atoms with Crippen molar-refractivity contribution in [2.45, 2.75) is 13.0 Å². The number of nitrogens with one attached hydrogen (secondary N) is 1. The number of esters is 1. The van der Waals surface area contributed by atoms with Crippen LogP contribution >= 0.6 is 22.6 Å². The van der Waals surface area contributed by atoms with E-state index in [2.05, 4.69) is 5.32 Å². The number of amides is 1. The molecule has 0 aliphatic rings. The van der Waals surface area contributed by atoms with E-state index in [0.717, 1.165) is 10.1 Å². The van der Waals surface area contributed by atoms with Crippen LogP contribution in [0.4, 0.5) is 5.69 Å². The standard InChI is InChI=1S/C18H20N2O3SSe.ClH/c1-2-23-18(22)15(19)12-24-25-16-11-7-6-10-14(16)17(21)20-13-8-4-3-5-9-13;/h3-11,15H,2,12,19H2,1H3,(H,20,21);1H/t15-;/m0./s1. The monoisotopic (exact) mass is 460 g/mol. The van der Waals surface area contributed by atoms with Gasteiger partial charge in [-0.3, -0.25) is 0 Å². The van der Waals surface area contributed by atoms with Gasteiger partial charge >= 0.3 is 157 Å². The van der Waals surface area contributed by atoms with Crippen LogP contribution in [-0.4, -0.2) is 44.1 Å². The van der Waals surface area contributed by atoms with Crippen LogP contribution in [0.3, 0.4) is 0 Å². The third-order valence-corrected chi connectivity index (χ3v) is 7.42. The molecular weight excluding hydrogens is 439 g/mol. The van der Waals surface area contributed by atoms with Crippen LogP contribution in [0, 0.1) is 0 Å². The predicted octanol–water partition coefficient (Wildman–Crippen LogP) is 2.23. The Bertz CT molecular complexity index is 719. The van der Waals surface area contributed by atoms with Gasteiger partial charge in [0.25, 0.3) is 0 Å². The van der Waals surface area contributed by atoms with Crippen molar-refractivity contribution in [3.8, 4) is 0 Å². The SMILES string of the molecule is CCOC(=O)[C@@H](N)CS[Se]c1ccccc1C(=O)Nc1ccccc1.Cl. The molecule has 2 rings (SSSR count). The molecule has 0 aliphatic carbocycles. The van der Waals surface area contributed by atoms with Crippen molar-refractivity contribution < 1.29 is 14.3 Å². The van der Waals surface area contributed by atoms with Gasteiger partial charge in [-0.1, -0.05) is 0 Å². The second kappa shape index (κ2) is 12.0. The third-order valence-electron chi connectivity index (χ3n) is 3.15. The number of para-hydroxylation sites is 1. The summed E-state index contributed by atoms with van der Waals surface area (Å²) in [7, 11) is 1.56. The molecule has 0 aliphatic heterocycles. The molecule has 140 valence electrons. The van der Waals surface area contributed by atoms with Gasteiger partial charge in [0.2, 0.25) is 0 Å². The maximum Gasteiger partial charge on any atom is -0.147 e. The largest absolute Gasteiger partial charge is 0.147 e. The average molecular weight is 460 g/mol. The van der Waals surface area contributed by atoms with E-state index < -0.39 is 6.04 Å². The summed E-state index contributed by atoms with van der Waals surface area (Å²) in [5.74, 6) is -0.0622. The summed E-state index contributed by atoms with van der Waals surface area (Å²) < 4.78 is 5.86. The summed E-state index contributed by atoms with van der Waals surface area (Å²) in [6.45, 7) is 2.08. The van der Waals surface area contributed by atoms with Crippen molar-refractivity contribution in [1.29, 1.82) is 0 Å². The molecule has 0 aromatic heterocycles. The summed E-state index contributed by atoms with van der Waals surface area (Å²) in [4.78, 5) is 24.1. The van der Waals surface area contributed by atoms with E-state index in [-0.39, 0.29) is 38.1 Å². The predicted molar refractivity (Wildman–Crippen MR) is 111 cm³/mol. The number of halogens is 1. The first kappa shape index (κ1) is 22.5. The second-order valence-electron chi connectivity index (χ2n) is 5.04. The maximum atomic E-state index is 12.5. The molecule has 0 saturated heterocycles. The number of carbonyl (C=O) groups is 2. The summed E-state index contributed by atoms with van der Waals surface area (Å²) in [6, 6.07) is 16.2. The van der Waals surface area contributed by atoms with Crippen molar-refractivity contribution in [3.63, 3.8) is 0 Å². The average Bonchev–Trinajstić information content (AvgIpc) is 2.63. The van der Waals surface area contributed by atoms with Crippen LogP contribution in [0.1, 0.15) is 17.3 Å². The van der Waals surface area contributed by atoms with Crippen molar-refractivity contribution in [2.24, 2.45) is 5.73 Å². The number of hydrogen-bond acceptors (Lipinski definition) is 5.